The second-order valence-electron chi connectivity index (χ2n) is 6.04. The molecule has 2 rings (SSSR count). The van der Waals surface area contributed by atoms with Crippen LogP contribution in [-0.4, -0.2) is 41.6 Å². The molecule has 0 aliphatic carbocycles. The summed E-state index contributed by atoms with van der Waals surface area (Å²) in [5.74, 6) is 1.59. The molecule has 1 saturated heterocycles. The molecule has 1 aliphatic rings. The number of amides is 1. The number of anilines is 1. The SMILES string of the molecule is N#Cc1ccc(NCCCCC(N)C(=O)N2CCSC2)cc1C(F)(F)F. The van der Waals surface area contributed by atoms with E-state index in [4.69, 9.17) is 11.0 Å². The summed E-state index contributed by atoms with van der Waals surface area (Å²) in [6, 6.07) is 4.58. The average Bonchev–Trinajstić information content (AvgIpc) is 3.14. The van der Waals surface area contributed by atoms with Crippen LogP contribution in [0.3, 0.4) is 0 Å². The summed E-state index contributed by atoms with van der Waals surface area (Å²) in [7, 11) is 0. The van der Waals surface area contributed by atoms with Crippen molar-refractivity contribution in [1.82, 2.24) is 4.90 Å². The Bertz CT molecular complexity index is 669. The van der Waals surface area contributed by atoms with Crippen molar-refractivity contribution in [3.05, 3.63) is 29.3 Å². The van der Waals surface area contributed by atoms with E-state index in [0.29, 0.717) is 37.4 Å². The number of hydrogen-bond acceptors (Lipinski definition) is 5. The summed E-state index contributed by atoms with van der Waals surface area (Å²) < 4.78 is 38.8. The van der Waals surface area contributed by atoms with Crippen molar-refractivity contribution in [3.8, 4) is 6.07 Å². The summed E-state index contributed by atoms with van der Waals surface area (Å²) in [6.07, 6.45) is -2.65. The second-order valence-corrected chi connectivity index (χ2v) is 7.11. The van der Waals surface area contributed by atoms with Crippen molar-refractivity contribution >= 4 is 23.4 Å². The smallest absolute Gasteiger partial charge is 0.385 e. The lowest BCUT2D eigenvalue weighted by Crippen LogP contribution is -2.42. The first-order valence-electron chi connectivity index (χ1n) is 8.30. The third-order valence-corrected chi connectivity index (χ3v) is 5.06. The van der Waals surface area contributed by atoms with Gasteiger partial charge < -0.3 is 16.0 Å². The number of rotatable bonds is 7. The van der Waals surface area contributed by atoms with Gasteiger partial charge in [0.15, 0.2) is 0 Å². The molecule has 26 heavy (non-hydrogen) atoms. The molecule has 0 aromatic heterocycles. The molecule has 5 nitrogen and oxygen atoms in total. The minimum atomic E-state index is -4.57. The van der Waals surface area contributed by atoms with E-state index in [-0.39, 0.29) is 5.91 Å². The third-order valence-electron chi connectivity index (χ3n) is 4.10. The average molecular weight is 386 g/mol. The molecule has 1 fully saturated rings. The largest absolute Gasteiger partial charge is 0.417 e. The van der Waals surface area contributed by atoms with Crippen LogP contribution in [0.4, 0.5) is 18.9 Å². The van der Waals surface area contributed by atoms with Gasteiger partial charge in [-0.25, -0.2) is 0 Å². The van der Waals surface area contributed by atoms with Crippen LogP contribution < -0.4 is 11.1 Å². The number of carbonyl (C=O) groups excluding carboxylic acids is 1. The number of halogens is 3. The van der Waals surface area contributed by atoms with E-state index in [1.807, 2.05) is 0 Å². The van der Waals surface area contributed by atoms with Crippen molar-refractivity contribution in [2.45, 2.75) is 31.5 Å². The Hall–Kier alpha value is -1.92. The number of alkyl halides is 3. The first-order chi connectivity index (χ1) is 12.3. The maximum absolute atomic E-state index is 12.9. The van der Waals surface area contributed by atoms with Crippen molar-refractivity contribution in [1.29, 1.82) is 5.26 Å². The number of nitrogens with one attached hydrogen (secondary N) is 1. The van der Waals surface area contributed by atoms with E-state index >= 15 is 0 Å². The van der Waals surface area contributed by atoms with Gasteiger partial charge in [-0.3, -0.25) is 4.79 Å². The van der Waals surface area contributed by atoms with E-state index in [9.17, 15) is 18.0 Å². The molecule has 1 atom stereocenters. The lowest BCUT2D eigenvalue weighted by Gasteiger charge is -2.19. The topological polar surface area (TPSA) is 82.1 Å². The molecule has 1 aromatic carbocycles. The van der Waals surface area contributed by atoms with Gasteiger partial charge in [-0.2, -0.15) is 18.4 Å². The Kier molecular flexibility index (Phi) is 7.17. The first-order valence-corrected chi connectivity index (χ1v) is 9.45. The van der Waals surface area contributed by atoms with E-state index < -0.39 is 23.3 Å². The van der Waals surface area contributed by atoms with Gasteiger partial charge in [0.2, 0.25) is 5.91 Å². The first kappa shape index (κ1) is 20.4. The van der Waals surface area contributed by atoms with Gasteiger partial charge in [-0.15, -0.1) is 11.8 Å². The normalized spacial score (nSPS) is 15.6. The minimum Gasteiger partial charge on any atom is -0.385 e. The summed E-state index contributed by atoms with van der Waals surface area (Å²) in [4.78, 5) is 13.8. The highest BCUT2D eigenvalue weighted by Crippen LogP contribution is 2.33. The highest BCUT2D eigenvalue weighted by molar-refractivity contribution is 7.99. The van der Waals surface area contributed by atoms with Gasteiger partial charge >= 0.3 is 6.18 Å². The van der Waals surface area contributed by atoms with Gasteiger partial charge in [0, 0.05) is 24.5 Å². The fraction of sp³-hybridized carbons (Fsp3) is 0.529. The summed E-state index contributed by atoms with van der Waals surface area (Å²) in [6.45, 7) is 1.20. The monoisotopic (exact) mass is 386 g/mol. The van der Waals surface area contributed by atoms with Crippen LogP contribution in [0.2, 0.25) is 0 Å². The maximum atomic E-state index is 12.9. The van der Waals surface area contributed by atoms with E-state index in [0.717, 1.165) is 24.4 Å². The van der Waals surface area contributed by atoms with Crippen LogP contribution in [0.1, 0.15) is 30.4 Å². The molecular weight excluding hydrogens is 365 g/mol. The number of nitrogens with zero attached hydrogens (tertiary/aromatic N) is 2. The van der Waals surface area contributed by atoms with Crippen LogP contribution in [0.25, 0.3) is 0 Å². The Morgan fingerprint density at radius 2 is 2.19 bits per heavy atom. The molecule has 1 aromatic rings. The number of hydrogen-bond donors (Lipinski definition) is 2. The van der Waals surface area contributed by atoms with Crippen molar-refractivity contribution in [2.75, 3.05) is 30.0 Å². The van der Waals surface area contributed by atoms with E-state index in [1.165, 1.54) is 6.07 Å². The van der Waals surface area contributed by atoms with E-state index in [2.05, 4.69) is 5.32 Å². The summed E-state index contributed by atoms with van der Waals surface area (Å²) >= 11 is 1.70. The molecule has 1 amide bonds. The molecule has 9 heteroatoms. The Morgan fingerprint density at radius 1 is 1.42 bits per heavy atom. The van der Waals surface area contributed by atoms with Crippen LogP contribution in [0, 0.1) is 11.3 Å². The van der Waals surface area contributed by atoms with Crippen LogP contribution in [-0.2, 0) is 11.0 Å². The number of benzene rings is 1. The minimum absolute atomic E-state index is 0.0372. The number of carbonyl (C=O) groups is 1. The number of nitriles is 1. The molecule has 0 saturated carbocycles. The fourth-order valence-electron chi connectivity index (χ4n) is 2.65. The zero-order valence-corrected chi connectivity index (χ0v) is 15.0. The van der Waals surface area contributed by atoms with Gasteiger partial charge in [0.1, 0.15) is 0 Å². The van der Waals surface area contributed by atoms with Crippen LogP contribution in [0.15, 0.2) is 18.2 Å². The molecule has 0 spiro atoms. The van der Waals surface area contributed by atoms with Crippen molar-refractivity contribution in [2.24, 2.45) is 5.73 Å². The lowest BCUT2D eigenvalue weighted by molar-refractivity contribution is -0.137. The Morgan fingerprint density at radius 3 is 2.81 bits per heavy atom. The lowest BCUT2D eigenvalue weighted by atomic mass is 10.1. The zero-order valence-electron chi connectivity index (χ0n) is 14.2. The Balaban J connectivity index is 1.76. The third kappa shape index (κ3) is 5.54. The van der Waals surface area contributed by atoms with Gasteiger partial charge in [-0.1, -0.05) is 0 Å². The second kappa shape index (κ2) is 9.14. The quantitative estimate of drug-likeness (QED) is 0.704. The molecule has 1 unspecified atom stereocenters. The predicted molar refractivity (Wildman–Crippen MR) is 95.5 cm³/mol. The van der Waals surface area contributed by atoms with Gasteiger partial charge in [0.05, 0.1) is 29.1 Å². The number of unbranched alkanes of at least 4 members (excludes halogenated alkanes) is 1. The molecule has 0 bridgehead atoms. The number of thioether (sulfide) groups is 1. The van der Waals surface area contributed by atoms with E-state index in [1.54, 1.807) is 22.7 Å². The predicted octanol–water partition coefficient (Wildman–Crippen LogP) is 3.02. The molecule has 1 aliphatic heterocycles. The molecular formula is C17H21F3N4OS. The zero-order chi connectivity index (χ0) is 19.2. The molecule has 1 heterocycles. The van der Waals surface area contributed by atoms with Crippen LogP contribution in [0.5, 0.6) is 0 Å². The maximum Gasteiger partial charge on any atom is 0.417 e. The highest BCUT2D eigenvalue weighted by atomic mass is 32.2. The fourth-order valence-corrected chi connectivity index (χ4v) is 3.61. The Labute approximate surface area is 154 Å². The molecule has 3 N–H and O–H groups in total. The molecule has 0 radical (unpaired) electrons. The van der Waals surface area contributed by atoms with Gasteiger partial charge in [0.25, 0.3) is 0 Å². The summed E-state index contributed by atoms with van der Waals surface area (Å²) in [5, 5.41) is 11.7. The molecule has 142 valence electrons. The van der Waals surface area contributed by atoms with Crippen LogP contribution >= 0.6 is 11.8 Å². The summed E-state index contributed by atoms with van der Waals surface area (Å²) in [5.41, 5.74) is 4.89. The highest BCUT2D eigenvalue weighted by Gasteiger charge is 2.33. The van der Waals surface area contributed by atoms with Gasteiger partial charge in [-0.05, 0) is 37.5 Å². The van der Waals surface area contributed by atoms with Crippen molar-refractivity contribution < 1.29 is 18.0 Å². The standard InChI is InChI=1S/C17H21F3N4OS/c18-17(19,20)14-9-13(5-4-12(14)10-21)23-6-2-1-3-15(22)16(25)24-7-8-26-11-24/h4-5,9,15,23H,1-3,6-8,11,22H2. The van der Waals surface area contributed by atoms with Crippen molar-refractivity contribution in [3.63, 3.8) is 0 Å². The number of nitrogens with two attached hydrogens (primary N) is 1.